The molecule has 0 amide bonds. The van der Waals surface area contributed by atoms with Gasteiger partial charge in [-0.2, -0.15) is 0 Å². The lowest BCUT2D eigenvalue weighted by molar-refractivity contribution is 0.112. The fraction of sp³-hybridized carbons (Fsp3) is 0.300. The van der Waals surface area contributed by atoms with Crippen molar-refractivity contribution in [3.63, 3.8) is 0 Å². The molecule has 6 heteroatoms. The average molecular weight is 276 g/mol. The molecule has 1 aromatic carbocycles. The lowest BCUT2D eigenvalue weighted by atomic mass is 10.2. The Morgan fingerprint density at radius 3 is 2.75 bits per heavy atom. The zero-order chi connectivity index (χ0) is 11.7. The molecule has 1 aromatic rings. The van der Waals surface area contributed by atoms with Crippen molar-refractivity contribution in [2.75, 3.05) is 0 Å². The molecule has 0 spiro atoms. The second kappa shape index (κ2) is 4.92. The van der Waals surface area contributed by atoms with Crippen molar-refractivity contribution in [3.8, 4) is 0 Å². The van der Waals surface area contributed by atoms with E-state index < -0.39 is 11.0 Å². The average Bonchev–Trinajstić information content (AvgIpc) is 3.01. The van der Waals surface area contributed by atoms with E-state index in [1.807, 2.05) is 0 Å². The molecule has 1 N–H and O–H groups in total. The number of benzene rings is 1. The maximum absolute atomic E-state index is 11.9. The van der Waals surface area contributed by atoms with E-state index in [9.17, 15) is 9.00 Å². The third kappa shape index (κ3) is 2.69. The number of aldehydes is 1. The second-order valence-electron chi connectivity index (χ2n) is 3.69. The first-order valence-electron chi connectivity index (χ1n) is 4.84. The summed E-state index contributed by atoms with van der Waals surface area (Å²) in [5.74, 6) is 0. The fourth-order valence-corrected chi connectivity index (χ4v) is 3.19. The standard InChI is InChI=1S/C10H11ClNO2PS/c11-8-4-9(15)6(5-13)3-10(8)16(14)12-7-1-2-7/h3-5,7,12H,1-2,15H2. The van der Waals surface area contributed by atoms with Crippen LogP contribution in [0.25, 0.3) is 0 Å². The van der Waals surface area contributed by atoms with E-state index in [1.165, 1.54) is 0 Å². The Balaban J connectivity index is 2.30. The lowest BCUT2D eigenvalue weighted by Gasteiger charge is -2.07. The predicted molar refractivity (Wildman–Crippen MR) is 68.7 cm³/mol. The summed E-state index contributed by atoms with van der Waals surface area (Å²) < 4.78 is 14.8. The van der Waals surface area contributed by atoms with Gasteiger partial charge in [-0.1, -0.05) is 11.6 Å². The first-order chi connectivity index (χ1) is 7.61. The molecule has 0 bridgehead atoms. The van der Waals surface area contributed by atoms with Crippen molar-refractivity contribution >= 4 is 43.4 Å². The van der Waals surface area contributed by atoms with E-state index in [-0.39, 0.29) is 0 Å². The van der Waals surface area contributed by atoms with E-state index >= 15 is 0 Å². The van der Waals surface area contributed by atoms with Gasteiger partial charge in [0.2, 0.25) is 0 Å². The van der Waals surface area contributed by atoms with Gasteiger partial charge >= 0.3 is 0 Å². The molecule has 1 fully saturated rings. The Kier molecular flexibility index (Phi) is 3.75. The smallest absolute Gasteiger partial charge is 0.150 e. The Morgan fingerprint density at radius 2 is 2.19 bits per heavy atom. The second-order valence-corrected chi connectivity index (χ2v) is 5.93. The molecule has 0 saturated heterocycles. The van der Waals surface area contributed by atoms with Gasteiger partial charge < -0.3 is 0 Å². The molecule has 0 aliphatic heterocycles. The molecular formula is C10H11ClNO2PS. The summed E-state index contributed by atoms with van der Waals surface area (Å²) in [5.41, 5.74) is 0.496. The van der Waals surface area contributed by atoms with Gasteiger partial charge in [-0.15, -0.1) is 9.24 Å². The van der Waals surface area contributed by atoms with Crippen molar-refractivity contribution in [1.29, 1.82) is 0 Å². The molecule has 1 saturated carbocycles. The van der Waals surface area contributed by atoms with Gasteiger partial charge in [0.1, 0.15) is 11.0 Å². The Hall–Kier alpha value is -0.280. The Labute approximate surface area is 104 Å². The maximum atomic E-state index is 11.9. The molecule has 0 aromatic heterocycles. The molecule has 86 valence electrons. The highest BCUT2D eigenvalue weighted by atomic mass is 35.5. The van der Waals surface area contributed by atoms with Crippen LogP contribution in [0.3, 0.4) is 0 Å². The molecule has 3 nitrogen and oxygen atoms in total. The minimum Gasteiger partial charge on any atom is -0.298 e. The van der Waals surface area contributed by atoms with E-state index in [0.29, 0.717) is 26.8 Å². The molecule has 1 aliphatic carbocycles. The number of hydrogen-bond donors (Lipinski definition) is 1. The minimum atomic E-state index is -1.33. The number of carbonyl (C=O) groups is 1. The van der Waals surface area contributed by atoms with Gasteiger partial charge in [-0.25, -0.2) is 8.93 Å². The van der Waals surface area contributed by atoms with Crippen molar-refractivity contribution < 1.29 is 9.00 Å². The van der Waals surface area contributed by atoms with Crippen molar-refractivity contribution in [2.24, 2.45) is 0 Å². The van der Waals surface area contributed by atoms with Gasteiger partial charge in [-0.3, -0.25) is 4.79 Å². The van der Waals surface area contributed by atoms with Crippen LogP contribution in [-0.2, 0) is 11.0 Å². The van der Waals surface area contributed by atoms with Gasteiger partial charge in [0.05, 0.1) is 9.92 Å². The quantitative estimate of drug-likeness (QED) is 0.667. The predicted octanol–water partition coefficient (Wildman–Crippen LogP) is 1.43. The van der Waals surface area contributed by atoms with Crippen molar-refractivity contribution in [1.82, 2.24) is 4.72 Å². The highest BCUT2D eigenvalue weighted by Gasteiger charge is 2.24. The molecular weight excluding hydrogens is 265 g/mol. The van der Waals surface area contributed by atoms with Crippen molar-refractivity contribution in [3.05, 3.63) is 22.7 Å². The summed E-state index contributed by atoms with van der Waals surface area (Å²) in [6.07, 6.45) is 2.83. The largest absolute Gasteiger partial charge is 0.298 e. The van der Waals surface area contributed by atoms with Crippen LogP contribution < -0.4 is 10.0 Å². The molecule has 2 rings (SSSR count). The summed E-state index contributed by atoms with van der Waals surface area (Å²) in [7, 11) is 1.10. The van der Waals surface area contributed by atoms with E-state index in [1.54, 1.807) is 12.1 Å². The van der Waals surface area contributed by atoms with Gasteiger partial charge in [0.15, 0.2) is 6.29 Å². The third-order valence-electron chi connectivity index (χ3n) is 2.32. The number of rotatable bonds is 4. The van der Waals surface area contributed by atoms with Crippen LogP contribution in [0.4, 0.5) is 0 Å². The van der Waals surface area contributed by atoms with Gasteiger partial charge in [0.25, 0.3) is 0 Å². The maximum Gasteiger partial charge on any atom is 0.150 e. The molecule has 2 unspecified atom stereocenters. The number of nitrogens with one attached hydrogen (secondary N) is 1. The summed E-state index contributed by atoms with van der Waals surface area (Å²) in [6, 6.07) is 3.54. The Bertz CT molecular complexity index is 462. The zero-order valence-corrected chi connectivity index (χ0v) is 11.1. The highest BCUT2D eigenvalue weighted by Crippen LogP contribution is 2.24. The van der Waals surface area contributed by atoms with Crippen LogP contribution in [0, 0.1) is 0 Å². The molecule has 2 atom stereocenters. The molecule has 1 aliphatic rings. The van der Waals surface area contributed by atoms with Crippen LogP contribution in [0.1, 0.15) is 23.2 Å². The molecule has 0 radical (unpaired) electrons. The van der Waals surface area contributed by atoms with Gasteiger partial charge in [0, 0.05) is 11.6 Å². The SMILES string of the molecule is O=Cc1cc(S(=O)NC2CC2)c(Cl)cc1P. The Morgan fingerprint density at radius 1 is 1.50 bits per heavy atom. The molecule has 0 heterocycles. The fourth-order valence-electron chi connectivity index (χ4n) is 1.24. The number of halogens is 1. The zero-order valence-electron chi connectivity index (χ0n) is 8.40. The monoisotopic (exact) mass is 275 g/mol. The number of hydrogen-bond acceptors (Lipinski definition) is 2. The first kappa shape index (κ1) is 12.2. The van der Waals surface area contributed by atoms with Crippen LogP contribution in [0.2, 0.25) is 5.02 Å². The summed E-state index contributed by atoms with van der Waals surface area (Å²) in [4.78, 5) is 11.2. The summed E-state index contributed by atoms with van der Waals surface area (Å²) in [6.45, 7) is 0. The van der Waals surface area contributed by atoms with Gasteiger partial charge in [-0.05, 0) is 30.3 Å². The minimum absolute atomic E-state index is 0.326. The van der Waals surface area contributed by atoms with Crippen molar-refractivity contribution in [2.45, 2.75) is 23.8 Å². The highest BCUT2D eigenvalue weighted by molar-refractivity contribution is 7.83. The molecule has 16 heavy (non-hydrogen) atoms. The third-order valence-corrected chi connectivity index (χ3v) is 4.52. The first-order valence-corrected chi connectivity index (χ1v) is 6.94. The summed E-state index contributed by atoms with van der Waals surface area (Å²) >= 11 is 5.99. The normalized spacial score (nSPS) is 17.1. The van der Waals surface area contributed by atoms with Crippen LogP contribution >= 0.6 is 20.8 Å². The topological polar surface area (TPSA) is 46.2 Å². The van der Waals surface area contributed by atoms with E-state index in [4.69, 9.17) is 11.6 Å². The van der Waals surface area contributed by atoms with Crippen LogP contribution in [-0.4, -0.2) is 16.5 Å². The van der Waals surface area contributed by atoms with Crippen LogP contribution in [0.5, 0.6) is 0 Å². The number of carbonyl (C=O) groups excluding carboxylic acids is 1. The van der Waals surface area contributed by atoms with E-state index in [2.05, 4.69) is 14.0 Å². The van der Waals surface area contributed by atoms with E-state index in [0.717, 1.165) is 19.1 Å². The summed E-state index contributed by atoms with van der Waals surface area (Å²) in [5, 5.41) is 1.13. The lowest BCUT2D eigenvalue weighted by Crippen LogP contribution is -2.20. The van der Waals surface area contributed by atoms with Crippen LogP contribution in [0.15, 0.2) is 17.0 Å².